The van der Waals surface area contributed by atoms with Crippen molar-refractivity contribution >= 4 is 21.6 Å². The zero-order valence-corrected chi connectivity index (χ0v) is 12.0. The summed E-state index contributed by atoms with van der Waals surface area (Å²) in [5.41, 5.74) is 10.8. The standard InChI is InChI=1S/C12H19N3O3S/c1-8-4-5-9(13)6-10(8)19(17,18)15-7-12(2,3)11(14)16/h4-6,15H,7,13H2,1-3H3,(H2,14,16). The van der Waals surface area contributed by atoms with Crippen molar-refractivity contribution in [3.63, 3.8) is 0 Å². The van der Waals surface area contributed by atoms with Gasteiger partial charge in [0.05, 0.1) is 10.3 Å². The van der Waals surface area contributed by atoms with Crippen LogP contribution in [-0.4, -0.2) is 20.9 Å². The molecule has 0 aromatic heterocycles. The third-order valence-corrected chi connectivity index (χ3v) is 4.42. The number of sulfonamides is 1. The summed E-state index contributed by atoms with van der Waals surface area (Å²) in [5, 5.41) is 0. The highest BCUT2D eigenvalue weighted by atomic mass is 32.2. The minimum absolute atomic E-state index is 0.0705. The first-order valence-corrected chi connectivity index (χ1v) is 7.20. The first-order valence-electron chi connectivity index (χ1n) is 5.72. The first kappa shape index (κ1) is 15.5. The zero-order chi connectivity index (χ0) is 14.8. The Morgan fingerprint density at radius 2 is 1.95 bits per heavy atom. The van der Waals surface area contributed by atoms with Crippen LogP contribution in [0.25, 0.3) is 0 Å². The van der Waals surface area contributed by atoms with Crippen molar-refractivity contribution in [2.24, 2.45) is 11.1 Å². The van der Waals surface area contributed by atoms with E-state index < -0.39 is 21.3 Å². The molecule has 0 radical (unpaired) electrons. The van der Waals surface area contributed by atoms with Gasteiger partial charge in [-0.05, 0) is 38.5 Å². The van der Waals surface area contributed by atoms with Gasteiger partial charge >= 0.3 is 0 Å². The van der Waals surface area contributed by atoms with E-state index in [4.69, 9.17) is 11.5 Å². The monoisotopic (exact) mass is 285 g/mol. The third-order valence-electron chi connectivity index (χ3n) is 2.87. The molecule has 19 heavy (non-hydrogen) atoms. The normalized spacial score (nSPS) is 12.4. The van der Waals surface area contributed by atoms with Gasteiger partial charge < -0.3 is 11.5 Å². The van der Waals surface area contributed by atoms with Crippen molar-refractivity contribution in [3.05, 3.63) is 23.8 Å². The molecule has 0 atom stereocenters. The molecule has 0 saturated carbocycles. The Bertz CT molecular complexity index is 594. The third kappa shape index (κ3) is 3.68. The minimum atomic E-state index is -3.72. The van der Waals surface area contributed by atoms with Gasteiger partial charge in [-0.15, -0.1) is 0 Å². The van der Waals surface area contributed by atoms with E-state index in [1.165, 1.54) is 6.07 Å². The summed E-state index contributed by atoms with van der Waals surface area (Å²) >= 11 is 0. The Labute approximate surface area is 113 Å². The minimum Gasteiger partial charge on any atom is -0.399 e. The van der Waals surface area contributed by atoms with E-state index in [0.29, 0.717) is 11.3 Å². The smallest absolute Gasteiger partial charge is 0.240 e. The second kappa shape index (κ2) is 5.18. The zero-order valence-electron chi connectivity index (χ0n) is 11.2. The van der Waals surface area contributed by atoms with Crippen molar-refractivity contribution in [1.29, 1.82) is 0 Å². The molecular formula is C12H19N3O3S. The van der Waals surface area contributed by atoms with Gasteiger partial charge in [-0.3, -0.25) is 4.79 Å². The summed E-state index contributed by atoms with van der Waals surface area (Å²) in [4.78, 5) is 11.3. The van der Waals surface area contributed by atoms with E-state index in [-0.39, 0.29) is 11.4 Å². The van der Waals surface area contributed by atoms with Crippen LogP contribution in [0.2, 0.25) is 0 Å². The molecule has 5 N–H and O–H groups in total. The van der Waals surface area contributed by atoms with Crippen LogP contribution >= 0.6 is 0 Å². The van der Waals surface area contributed by atoms with E-state index in [0.717, 1.165) is 0 Å². The second-order valence-corrected chi connectivity index (χ2v) is 6.83. The molecule has 1 aromatic rings. The lowest BCUT2D eigenvalue weighted by atomic mass is 9.93. The van der Waals surface area contributed by atoms with E-state index in [1.807, 2.05) is 0 Å². The number of aryl methyl sites for hydroxylation is 1. The number of anilines is 1. The summed E-state index contributed by atoms with van der Waals surface area (Å²) < 4.78 is 26.7. The van der Waals surface area contributed by atoms with Crippen molar-refractivity contribution in [3.8, 4) is 0 Å². The van der Waals surface area contributed by atoms with Crippen LogP contribution < -0.4 is 16.2 Å². The van der Waals surface area contributed by atoms with Crippen molar-refractivity contribution in [2.75, 3.05) is 12.3 Å². The number of primary amides is 1. The topological polar surface area (TPSA) is 115 Å². The Morgan fingerprint density at radius 1 is 1.37 bits per heavy atom. The van der Waals surface area contributed by atoms with E-state index in [1.54, 1.807) is 32.9 Å². The fourth-order valence-corrected chi connectivity index (χ4v) is 2.84. The van der Waals surface area contributed by atoms with Crippen molar-refractivity contribution in [2.45, 2.75) is 25.7 Å². The molecule has 7 heteroatoms. The SMILES string of the molecule is Cc1ccc(N)cc1S(=O)(=O)NCC(C)(C)C(N)=O. The maximum atomic E-state index is 12.2. The quantitative estimate of drug-likeness (QED) is 0.678. The van der Waals surface area contributed by atoms with Crippen LogP contribution in [0.3, 0.4) is 0 Å². The number of benzene rings is 1. The number of rotatable bonds is 5. The highest BCUT2D eigenvalue weighted by Crippen LogP contribution is 2.19. The molecule has 0 fully saturated rings. The van der Waals surface area contributed by atoms with Crippen LogP contribution in [0.15, 0.2) is 23.1 Å². The maximum Gasteiger partial charge on any atom is 0.240 e. The molecule has 1 rings (SSSR count). The number of nitrogen functional groups attached to an aromatic ring is 1. The van der Waals surface area contributed by atoms with Gasteiger partial charge in [-0.25, -0.2) is 13.1 Å². The van der Waals surface area contributed by atoms with Gasteiger partial charge in [-0.2, -0.15) is 0 Å². The van der Waals surface area contributed by atoms with Gasteiger partial charge in [0.25, 0.3) is 0 Å². The van der Waals surface area contributed by atoms with Gasteiger partial charge in [0, 0.05) is 12.2 Å². The number of amides is 1. The Morgan fingerprint density at radius 3 is 2.47 bits per heavy atom. The molecule has 6 nitrogen and oxygen atoms in total. The molecule has 0 aliphatic heterocycles. The van der Waals surface area contributed by atoms with Crippen LogP contribution in [0, 0.1) is 12.3 Å². The lowest BCUT2D eigenvalue weighted by Gasteiger charge is -2.21. The van der Waals surface area contributed by atoms with Crippen LogP contribution in [0.5, 0.6) is 0 Å². The molecule has 0 aliphatic rings. The predicted octanol–water partition coefficient (Wildman–Crippen LogP) is 0.367. The van der Waals surface area contributed by atoms with Crippen LogP contribution in [0.4, 0.5) is 5.69 Å². The number of hydrogen-bond acceptors (Lipinski definition) is 4. The van der Waals surface area contributed by atoms with E-state index in [9.17, 15) is 13.2 Å². The largest absolute Gasteiger partial charge is 0.399 e. The molecule has 0 saturated heterocycles. The number of nitrogens with one attached hydrogen (secondary N) is 1. The Kier molecular flexibility index (Phi) is 4.21. The number of hydrogen-bond donors (Lipinski definition) is 3. The fraction of sp³-hybridized carbons (Fsp3) is 0.417. The molecule has 0 bridgehead atoms. The van der Waals surface area contributed by atoms with Crippen LogP contribution in [0.1, 0.15) is 19.4 Å². The van der Waals surface area contributed by atoms with Crippen molar-refractivity contribution in [1.82, 2.24) is 4.72 Å². The summed E-state index contributed by atoms with van der Waals surface area (Å²) in [7, 11) is -3.72. The second-order valence-electron chi connectivity index (χ2n) is 5.10. The highest BCUT2D eigenvalue weighted by Gasteiger charge is 2.28. The van der Waals surface area contributed by atoms with Gasteiger partial charge in [0.2, 0.25) is 15.9 Å². The molecule has 1 amide bonds. The highest BCUT2D eigenvalue weighted by molar-refractivity contribution is 7.89. The molecule has 0 unspecified atom stereocenters. The fourth-order valence-electron chi connectivity index (χ4n) is 1.35. The lowest BCUT2D eigenvalue weighted by Crippen LogP contribution is -2.42. The lowest BCUT2D eigenvalue weighted by molar-refractivity contribution is -0.125. The molecule has 1 aromatic carbocycles. The summed E-state index contributed by atoms with van der Waals surface area (Å²) in [5.74, 6) is -0.570. The van der Waals surface area contributed by atoms with Crippen LogP contribution in [-0.2, 0) is 14.8 Å². The molecule has 0 heterocycles. The van der Waals surface area contributed by atoms with Gasteiger partial charge in [0.1, 0.15) is 0 Å². The van der Waals surface area contributed by atoms with Gasteiger partial charge in [-0.1, -0.05) is 6.07 Å². The molecule has 106 valence electrons. The summed E-state index contributed by atoms with van der Waals surface area (Å²) in [6.45, 7) is 4.75. The predicted molar refractivity (Wildman–Crippen MR) is 73.8 cm³/mol. The number of carbonyl (C=O) groups excluding carboxylic acids is 1. The van der Waals surface area contributed by atoms with E-state index in [2.05, 4.69) is 4.72 Å². The Balaban J connectivity index is 3.00. The summed E-state index contributed by atoms with van der Waals surface area (Å²) in [6.07, 6.45) is 0. The van der Waals surface area contributed by atoms with E-state index >= 15 is 0 Å². The average Bonchev–Trinajstić information content (AvgIpc) is 2.30. The first-order chi connectivity index (χ1) is 8.56. The molecule has 0 spiro atoms. The number of carbonyl (C=O) groups is 1. The molecule has 0 aliphatic carbocycles. The average molecular weight is 285 g/mol. The van der Waals surface area contributed by atoms with Crippen molar-refractivity contribution < 1.29 is 13.2 Å². The van der Waals surface area contributed by atoms with Gasteiger partial charge in [0.15, 0.2) is 0 Å². The summed E-state index contributed by atoms with van der Waals surface area (Å²) in [6, 6.07) is 4.64. The number of nitrogens with two attached hydrogens (primary N) is 2. The Hall–Kier alpha value is -1.60. The molecular weight excluding hydrogens is 266 g/mol. The maximum absolute atomic E-state index is 12.2.